The van der Waals surface area contributed by atoms with E-state index < -0.39 is 17.7 Å². The monoisotopic (exact) mass is 421 g/mol. The number of nitrogens with two attached hydrogens (primary N) is 1. The fourth-order valence-corrected chi connectivity index (χ4v) is 3.58. The second kappa shape index (κ2) is 6.54. The molecule has 21 heavy (non-hydrogen) atoms. The minimum Gasteiger partial charge on any atom is -0.324 e. The van der Waals surface area contributed by atoms with Crippen LogP contribution in [-0.2, 0) is 19.9 Å². The number of halogens is 4. The van der Waals surface area contributed by atoms with Crippen LogP contribution in [0.2, 0.25) is 0 Å². The zero-order valence-corrected chi connectivity index (χ0v) is 14.8. The van der Waals surface area contributed by atoms with Crippen molar-refractivity contribution in [3.05, 3.63) is 49.7 Å². The second-order valence-corrected chi connectivity index (χ2v) is 6.35. The normalized spacial score (nSPS) is 12.7. The SMILES string of the molecule is CCc1nn(C)c(CC(N)c2ccc(F)c(F)c2Br)c1Br. The van der Waals surface area contributed by atoms with Crippen molar-refractivity contribution in [1.29, 1.82) is 0 Å². The zero-order valence-electron chi connectivity index (χ0n) is 11.6. The van der Waals surface area contributed by atoms with Gasteiger partial charge in [0.2, 0.25) is 0 Å². The van der Waals surface area contributed by atoms with Crippen molar-refractivity contribution in [3.8, 4) is 0 Å². The van der Waals surface area contributed by atoms with Crippen LogP contribution in [-0.4, -0.2) is 9.78 Å². The fraction of sp³-hybridized carbons (Fsp3) is 0.357. The molecule has 0 saturated carbocycles. The molecule has 0 amide bonds. The minimum absolute atomic E-state index is 0.0732. The van der Waals surface area contributed by atoms with Crippen LogP contribution in [0, 0.1) is 11.6 Å². The Balaban J connectivity index is 2.33. The van der Waals surface area contributed by atoms with Crippen molar-refractivity contribution in [3.63, 3.8) is 0 Å². The van der Waals surface area contributed by atoms with E-state index in [1.807, 2.05) is 14.0 Å². The molecule has 1 aromatic carbocycles. The van der Waals surface area contributed by atoms with Gasteiger partial charge in [-0.2, -0.15) is 5.10 Å². The lowest BCUT2D eigenvalue weighted by molar-refractivity contribution is 0.499. The number of rotatable bonds is 4. The molecule has 3 nitrogen and oxygen atoms in total. The van der Waals surface area contributed by atoms with Crippen LogP contribution in [0.25, 0.3) is 0 Å². The van der Waals surface area contributed by atoms with Gasteiger partial charge in [-0.05, 0) is 49.9 Å². The average Bonchev–Trinajstić information content (AvgIpc) is 2.72. The molecule has 0 radical (unpaired) electrons. The molecule has 0 fully saturated rings. The summed E-state index contributed by atoms with van der Waals surface area (Å²) < 4.78 is 29.5. The van der Waals surface area contributed by atoms with Crippen LogP contribution in [0.15, 0.2) is 21.1 Å². The fourth-order valence-electron chi connectivity index (χ4n) is 2.19. The number of hydrogen-bond donors (Lipinski definition) is 1. The number of nitrogens with zero attached hydrogens (tertiary/aromatic N) is 2. The van der Waals surface area contributed by atoms with Crippen molar-refractivity contribution in [2.24, 2.45) is 12.8 Å². The Morgan fingerprint density at radius 3 is 2.52 bits per heavy atom. The molecule has 2 aromatic rings. The van der Waals surface area contributed by atoms with E-state index in [2.05, 4.69) is 37.0 Å². The lowest BCUT2D eigenvalue weighted by Gasteiger charge is -2.15. The molecule has 2 N–H and O–H groups in total. The number of hydrogen-bond acceptors (Lipinski definition) is 2. The van der Waals surface area contributed by atoms with Gasteiger partial charge >= 0.3 is 0 Å². The van der Waals surface area contributed by atoms with Gasteiger partial charge < -0.3 is 5.73 Å². The highest BCUT2D eigenvalue weighted by molar-refractivity contribution is 9.10. The molecule has 0 spiro atoms. The molecule has 0 aliphatic carbocycles. The molecule has 1 atom stereocenters. The Kier molecular flexibility index (Phi) is 5.16. The van der Waals surface area contributed by atoms with E-state index in [-0.39, 0.29) is 4.47 Å². The van der Waals surface area contributed by atoms with E-state index in [4.69, 9.17) is 5.73 Å². The average molecular weight is 423 g/mol. The van der Waals surface area contributed by atoms with E-state index in [9.17, 15) is 8.78 Å². The second-order valence-electron chi connectivity index (χ2n) is 4.76. The summed E-state index contributed by atoms with van der Waals surface area (Å²) in [5.41, 5.74) is 8.56. The van der Waals surface area contributed by atoms with Crippen molar-refractivity contribution in [2.75, 3.05) is 0 Å². The topological polar surface area (TPSA) is 43.8 Å². The third-order valence-electron chi connectivity index (χ3n) is 3.38. The highest BCUT2D eigenvalue weighted by Gasteiger charge is 2.20. The first-order valence-corrected chi connectivity index (χ1v) is 8.04. The number of benzene rings is 1. The highest BCUT2D eigenvalue weighted by atomic mass is 79.9. The first-order valence-electron chi connectivity index (χ1n) is 6.46. The summed E-state index contributed by atoms with van der Waals surface area (Å²) >= 11 is 6.59. The van der Waals surface area contributed by atoms with Crippen molar-refractivity contribution in [1.82, 2.24) is 9.78 Å². The van der Waals surface area contributed by atoms with Crippen LogP contribution < -0.4 is 5.73 Å². The van der Waals surface area contributed by atoms with Crippen molar-refractivity contribution < 1.29 is 8.78 Å². The van der Waals surface area contributed by atoms with Gasteiger partial charge in [-0.1, -0.05) is 13.0 Å². The summed E-state index contributed by atoms with van der Waals surface area (Å²) in [6.45, 7) is 2.02. The standard InChI is InChI=1S/C14H15Br2F2N3/c1-3-10-13(16)11(21(2)20-10)6-9(19)7-4-5-8(17)14(18)12(7)15/h4-5,9H,3,6,19H2,1-2H3. The number of aryl methyl sites for hydroxylation is 2. The molecular weight excluding hydrogens is 408 g/mol. The molecule has 0 saturated heterocycles. The van der Waals surface area contributed by atoms with Crippen molar-refractivity contribution >= 4 is 31.9 Å². The summed E-state index contributed by atoms with van der Waals surface area (Å²) in [4.78, 5) is 0. The van der Waals surface area contributed by atoms with E-state index >= 15 is 0 Å². The summed E-state index contributed by atoms with van der Waals surface area (Å²) in [6, 6.07) is 2.12. The summed E-state index contributed by atoms with van der Waals surface area (Å²) in [7, 11) is 1.84. The lowest BCUT2D eigenvalue weighted by Crippen LogP contribution is -2.17. The van der Waals surface area contributed by atoms with Gasteiger partial charge in [0.05, 0.1) is 20.3 Å². The highest BCUT2D eigenvalue weighted by Crippen LogP contribution is 2.31. The first kappa shape index (κ1) is 16.6. The predicted molar refractivity (Wildman–Crippen MR) is 85.0 cm³/mol. The van der Waals surface area contributed by atoms with E-state index in [1.54, 1.807) is 4.68 Å². The van der Waals surface area contributed by atoms with Gasteiger partial charge in [0.25, 0.3) is 0 Å². The van der Waals surface area contributed by atoms with E-state index in [0.29, 0.717) is 12.0 Å². The quantitative estimate of drug-likeness (QED) is 0.756. The molecule has 0 aliphatic heterocycles. The summed E-state index contributed by atoms with van der Waals surface area (Å²) in [6.07, 6.45) is 1.27. The maximum Gasteiger partial charge on any atom is 0.173 e. The van der Waals surface area contributed by atoms with Crippen LogP contribution >= 0.6 is 31.9 Å². The smallest absolute Gasteiger partial charge is 0.173 e. The minimum atomic E-state index is -0.915. The molecule has 0 aliphatic rings. The first-order chi connectivity index (χ1) is 9.86. The van der Waals surface area contributed by atoms with Gasteiger partial charge in [-0.15, -0.1) is 0 Å². The molecule has 1 heterocycles. The van der Waals surface area contributed by atoms with Crippen molar-refractivity contribution in [2.45, 2.75) is 25.8 Å². The van der Waals surface area contributed by atoms with E-state index in [0.717, 1.165) is 28.3 Å². The van der Waals surface area contributed by atoms with Crippen LogP contribution in [0.3, 0.4) is 0 Å². The summed E-state index contributed by atoms with van der Waals surface area (Å²) in [5.74, 6) is -1.81. The molecule has 1 aromatic heterocycles. The maximum atomic E-state index is 13.6. The molecule has 7 heteroatoms. The third kappa shape index (κ3) is 3.19. The Hall–Kier alpha value is -0.790. The van der Waals surface area contributed by atoms with Gasteiger partial charge in [0.15, 0.2) is 11.6 Å². The Labute approximate surface area is 138 Å². The Morgan fingerprint density at radius 2 is 1.95 bits per heavy atom. The molecule has 0 bridgehead atoms. The van der Waals surface area contributed by atoms with Crippen LogP contribution in [0.4, 0.5) is 8.78 Å². The predicted octanol–water partition coefficient (Wildman–Crippen LogP) is 4.03. The molecule has 2 rings (SSSR count). The van der Waals surface area contributed by atoms with Gasteiger partial charge in [-0.25, -0.2) is 8.78 Å². The number of aromatic nitrogens is 2. The molecule has 1 unspecified atom stereocenters. The Bertz CT molecular complexity index is 671. The molecular formula is C14H15Br2F2N3. The lowest BCUT2D eigenvalue weighted by atomic mass is 10.0. The van der Waals surface area contributed by atoms with Crippen LogP contribution in [0.1, 0.15) is 29.9 Å². The van der Waals surface area contributed by atoms with Gasteiger partial charge in [0, 0.05) is 19.5 Å². The van der Waals surface area contributed by atoms with Gasteiger partial charge in [-0.3, -0.25) is 4.68 Å². The summed E-state index contributed by atoms with van der Waals surface area (Å²) in [5, 5.41) is 4.40. The van der Waals surface area contributed by atoms with Crippen LogP contribution in [0.5, 0.6) is 0 Å². The largest absolute Gasteiger partial charge is 0.324 e. The van der Waals surface area contributed by atoms with E-state index in [1.165, 1.54) is 6.07 Å². The zero-order chi connectivity index (χ0) is 15.7. The van der Waals surface area contributed by atoms with Gasteiger partial charge in [0.1, 0.15) is 0 Å². The molecule has 114 valence electrons. The third-order valence-corrected chi connectivity index (χ3v) is 5.10. The Morgan fingerprint density at radius 1 is 1.29 bits per heavy atom. The maximum absolute atomic E-state index is 13.6.